The summed E-state index contributed by atoms with van der Waals surface area (Å²) in [4.78, 5) is 22.1. The Morgan fingerprint density at radius 2 is 2.20 bits per heavy atom. The van der Waals surface area contributed by atoms with Crippen LogP contribution < -0.4 is 5.32 Å². The molecule has 0 aromatic carbocycles. The summed E-state index contributed by atoms with van der Waals surface area (Å²) in [6, 6.07) is 6.15. The van der Waals surface area contributed by atoms with Gasteiger partial charge in [0, 0.05) is 12.3 Å². The molecule has 0 spiro atoms. The molecule has 0 unspecified atom stereocenters. The van der Waals surface area contributed by atoms with E-state index in [1.165, 1.54) is 12.1 Å². The summed E-state index contributed by atoms with van der Waals surface area (Å²) in [5.74, 6) is 1.03. The van der Waals surface area contributed by atoms with Crippen molar-refractivity contribution in [2.75, 3.05) is 5.32 Å². The van der Waals surface area contributed by atoms with Crippen molar-refractivity contribution in [3.05, 3.63) is 51.7 Å². The molecule has 0 bridgehead atoms. The first-order valence-electron chi connectivity index (χ1n) is 5.68. The minimum Gasteiger partial charge on any atom is -0.364 e. The minimum absolute atomic E-state index is 0.223. The molecular weight excluding hydrogens is 260 g/mol. The van der Waals surface area contributed by atoms with Crippen LogP contribution in [0.3, 0.4) is 0 Å². The third kappa shape index (κ3) is 3.02. The molecule has 2 rings (SSSR count). The highest BCUT2D eigenvalue weighted by atomic mass is 16.6. The maximum atomic E-state index is 10.7. The number of nitrogens with zero attached hydrogens (tertiary/aromatic N) is 5. The highest BCUT2D eigenvalue weighted by molar-refractivity contribution is 5.50. The van der Waals surface area contributed by atoms with E-state index in [1.807, 2.05) is 0 Å². The Morgan fingerprint density at radius 3 is 2.85 bits per heavy atom. The van der Waals surface area contributed by atoms with Gasteiger partial charge in [-0.15, -0.1) is 0 Å². The number of nitriles is 1. The Hall–Kier alpha value is -3.08. The summed E-state index contributed by atoms with van der Waals surface area (Å²) < 4.78 is 0. The maximum Gasteiger partial charge on any atom is 0.305 e. The van der Waals surface area contributed by atoms with Gasteiger partial charge >= 0.3 is 5.69 Å². The average Bonchev–Trinajstić information content (AvgIpc) is 2.44. The number of anilines is 1. The molecule has 2 aromatic rings. The maximum absolute atomic E-state index is 10.7. The molecule has 20 heavy (non-hydrogen) atoms. The third-order valence-corrected chi connectivity index (χ3v) is 2.46. The largest absolute Gasteiger partial charge is 0.364 e. The lowest BCUT2D eigenvalue weighted by molar-refractivity contribution is -0.385. The summed E-state index contributed by atoms with van der Waals surface area (Å²) >= 11 is 0. The predicted octanol–water partition coefficient (Wildman–Crippen LogP) is 1.57. The Morgan fingerprint density at radius 1 is 1.40 bits per heavy atom. The van der Waals surface area contributed by atoms with E-state index >= 15 is 0 Å². The van der Waals surface area contributed by atoms with E-state index in [2.05, 4.69) is 20.3 Å². The molecule has 2 heterocycles. The van der Waals surface area contributed by atoms with Crippen molar-refractivity contribution in [2.45, 2.75) is 13.5 Å². The van der Waals surface area contributed by atoms with Crippen LogP contribution in [0.25, 0.3) is 0 Å². The monoisotopic (exact) mass is 270 g/mol. The van der Waals surface area contributed by atoms with Crippen LogP contribution in [-0.2, 0) is 6.54 Å². The Bertz CT molecular complexity index is 695. The minimum atomic E-state index is -0.636. The topological polar surface area (TPSA) is 118 Å². The Kier molecular flexibility index (Phi) is 3.81. The summed E-state index contributed by atoms with van der Waals surface area (Å²) in [5.41, 5.74) is 0.228. The van der Waals surface area contributed by atoms with Crippen LogP contribution in [0.5, 0.6) is 0 Å². The molecule has 0 saturated heterocycles. The highest BCUT2D eigenvalue weighted by Crippen LogP contribution is 2.18. The number of aryl methyl sites for hydroxylation is 1. The van der Waals surface area contributed by atoms with Gasteiger partial charge in [0.1, 0.15) is 17.7 Å². The molecule has 0 atom stereocenters. The summed E-state index contributed by atoms with van der Waals surface area (Å²) in [5, 5.41) is 22.5. The van der Waals surface area contributed by atoms with E-state index in [1.54, 1.807) is 25.3 Å². The first-order valence-corrected chi connectivity index (χ1v) is 5.68. The van der Waals surface area contributed by atoms with Crippen LogP contribution in [0.15, 0.2) is 24.4 Å². The van der Waals surface area contributed by atoms with Crippen molar-refractivity contribution in [1.82, 2.24) is 15.0 Å². The fraction of sp³-hybridized carbons (Fsp3) is 0.167. The second kappa shape index (κ2) is 5.71. The lowest BCUT2D eigenvalue weighted by Crippen LogP contribution is -2.06. The van der Waals surface area contributed by atoms with Crippen LogP contribution in [0, 0.1) is 28.4 Å². The van der Waals surface area contributed by atoms with Crippen molar-refractivity contribution in [3.63, 3.8) is 0 Å². The highest BCUT2D eigenvalue weighted by Gasteiger charge is 2.15. The molecule has 8 nitrogen and oxygen atoms in total. The van der Waals surface area contributed by atoms with Crippen LogP contribution >= 0.6 is 0 Å². The number of rotatable bonds is 4. The zero-order valence-corrected chi connectivity index (χ0v) is 10.6. The SMILES string of the molecule is Cc1nccc(CNc2ccc([N+](=O)[O-])c(C#N)n2)n1. The zero-order chi connectivity index (χ0) is 14.5. The quantitative estimate of drug-likeness (QED) is 0.661. The summed E-state index contributed by atoms with van der Waals surface area (Å²) in [7, 11) is 0. The number of hydrogen-bond acceptors (Lipinski definition) is 7. The lowest BCUT2D eigenvalue weighted by Gasteiger charge is -2.05. The van der Waals surface area contributed by atoms with Gasteiger partial charge < -0.3 is 5.32 Å². The van der Waals surface area contributed by atoms with E-state index in [9.17, 15) is 10.1 Å². The average molecular weight is 270 g/mol. The van der Waals surface area contributed by atoms with Gasteiger partial charge in [0.25, 0.3) is 0 Å². The van der Waals surface area contributed by atoms with Gasteiger partial charge in [0.15, 0.2) is 0 Å². The fourth-order valence-corrected chi connectivity index (χ4v) is 1.56. The normalized spacial score (nSPS) is 9.80. The number of nitro groups is 1. The molecule has 0 fully saturated rings. The van der Waals surface area contributed by atoms with E-state index in [0.29, 0.717) is 18.2 Å². The van der Waals surface area contributed by atoms with Gasteiger partial charge in [-0.05, 0) is 19.1 Å². The molecule has 100 valence electrons. The lowest BCUT2D eigenvalue weighted by atomic mass is 10.3. The summed E-state index contributed by atoms with van der Waals surface area (Å²) in [6.07, 6.45) is 1.64. The van der Waals surface area contributed by atoms with Crippen LogP contribution in [0.2, 0.25) is 0 Å². The molecule has 0 aliphatic rings. The van der Waals surface area contributed by atoms with Gasteiger partial charge in [-0.25, -0.2) is 15.0 Å². The first-order chi connectivity index (χ1) is 9.60. The standard InChI is InChI=1S/C12H10N6O2/c1-8-14-5-4-9(16-8)7-15-12-3-2-11(18(19)20)10(6-13)17-12/h2-5H,7H2,1H3,(H,15,17). The molecule has 2 aromatic heterocycles. The van der Waals surface area contributed by atoms with Gasteiger partial charge in [0.05, 0.1) is 17.2 Å². The van der Waals surface area contributed by atoms with Crippen molar-refractivity contribution in [1.29, 1.82) is 5.26 Å². The Labute approximate surface area is 114 Å². The van der Waals surface area contributed by atoms with E-state index in [-0.39, 0.29) is 11.4 Å². The fourth-order valence-electron chi connectivity index (χ4n) is 1.56. The van der Waals surface area contributed by atoms with Crippen LogP contribution in [0.1, 0.15) is 17.2 Å². The number of hydrogen-bond donors (Lipinski definition) is 1. The smallest absolute Gasteiger partial charge is 0.305 e. The molecule has 0 saturated carbocycles. The summed E-state index contributed by atoms with van der Waals surface area (Å²) in [6.45, 7) is 2.17. The third-order valence-electron chi connectivity index (χ3n) is 2.46. The van der Waals surface area contributed by atoms with E-state index < -0.39 is 4.92 Å². The van der Waals surface area contributed by atoms with Crippen molar-refractivity contribution >= 4 is 11.5 Å². The van der Waals surface area contributed by atoms with Crippen molar-refractivity contribution in [2.24, 2.45) is 0 Å². The molecule has 1 N–H and O–H groups in total. The van der Waals surface area contributed by atoms with E-state index in [0.717, 1.165) is 5.69 Å². The van der Waals surface area contributed by atoms with E-state index in [4.69, 9.17) is 5.26 Å². The molecule has 8 heteroatoms. The van der Waals surface area contributed by atoms with Gasteiger partial charge in [0.2, 0.25) is 5.69 Å². The number of pyridine rings is 1. The zero-order valence-electron chi connectivity index (χ0n) is 10.6. The molecule has 0 amide bonds. The first kappa shape index (κ1) is 13.4. The molecule has 0 aliphatic heterocycles. The second-order valence-corrected chi connectivity index (χ2v) is 3.88. The van der Waals surface area contributed by atoms with Gasteiger partial charge in [-0.2, -0.15) is 5.26 Å². The van der Waals surface area contributed by atoms with Gasteiger partial charge in [-0.1, -0.05) is 0 Å². The van der Waals surface area contributed by atoms with Crippen molar-refractivity contribution in [3.8, 4) is 6.07 Å². The van der Waals surface area contributed by atoms with Crippen LogP contribution in [0.4, 0.5) is 11.5 Å². The molecular formula is C12H10N6O2. The predicted molar refractivity (Wildman–Crippen MR) is 69.7 cm³/mol. The van der Waals surface area contributed by atoms with Gasteiger partial charge in [-0.3, -0.25) is 10.1 Å². The van der Waals surface area contributed by atoms with Crippen LogP contribution in [-0.4, -0.2) is 19.9 Å². The van der Waals surface area contributed by atoms with Crippen molar-refractivity contribution < 1.29 is 4.92 Å². The molecule has 0 radical (unpaired) electrons. The number of nitrogens with one attached hydrogen (secondary N) is 1. The second-order valence-electron chi connectivity index (χ2n) is 3.88. The molecule has 0 aliphatic carbocycles. The Balaban J connectivity index is 2.15. The number of aromatic nitrogens is 3.